The number of rotatable bonds is 3. The third kappa shape index (κ3) is 3.30. The summed E-state index contributed by atoms with van der Waals surface area (Å²) in [4.78, 5) is 2.63. The van der Waals surface area contributed by atoms with Crippen molar-refractivity contribution in [2.24, 2.45) is 5.11 Å². The van der Waals surface area contributed by atoms with Crippen molar-refractivity contribution in [3.05, 3.63) is 22.6 Å². The van der Waals surface area contributed by atoms with Crippen molar-refractivity contribution in [3.63, 3.8) is 0 Å². The summed E-state index contributed by atoms with van der Waals surface area (Å²) < 4.78 is 11.0. The first kappa shape index (κ1) is 11.6. The summed E-state index contributed by atoms with van der Waals surface area (Å²) in [5.74, 6) is 1.85. The molecule has 1 aliphatic rings. The summed E-state index contributed by atoms with van der Waals surface area (Å²) in [5.41, 5.74) is 8.08. The van der Waals surface area contributed by atoms with E-state index in [2.05, 4.69) is 15.9 Å². The van der Waals surface area contributed by atoms with Crippen LogP contribution in [-0.2, 0) is 9.47 Å². The lowest BCUT2D eigenvalue weighted by Gasteiger charge is -2.15. The van der Waals surface area contributed by atoms with Gasteiger partial charge in [-0.05, 0) is 19.4 Å². The average Bonchev–Trinajstić information content (AvgIpc) is 2.48. The Morgan fingerprint density at radius 2 is 2.33 bits per heavy atom. The van der Waals surface area contributed by atoms with Crippen LogP contribution in [0.4, 0.5) is 0 Å². The Bertz CT molecular complexity index is 337. The zero-order valence-corrected chi connectivity index (χ0v) is 8.75. The second-order valence-corrected chi connectivity index (χ2v) is 3.53. The van der Waals surface area contributed by atoms with Gasteiger partial charge in [0.15, 0.2) is 11.9 Å². The van der Waals surface area contributed by atoms with Crippen LogP contribution in [0, 0.1) is 12.3 Å². The van der Waals surface area contributed by atoms with E-state index in [1.165, 1.54) is 0 Å². The maximum absolute atomic E-state index is 8.08. The summed E-state index contributed by atoms with van der Waals surface area (Å²) in [6, 6.07) is 0. The molecule has 5 nitrogen and oxygen atoms in total. The van der Waals surface area contributed by atoms with E-state index in [1.54, 1.807) is 26.0 Å². The predicted molar refractivity (Wildman–Crippen MR) is 55.8 cm³/mol. The van der Waals surface area contributed by atoms with Gasteiger partial charge in [0, 0.05) is 11.5 Å². The summed E-state index contributed by atoms with van der Waals surface area (Å²) in [5, 5.41) is 3.37. The van der Waals surface area contributed by atoms with Crippen LogP contribution in [-0.4, -0.2) is 24.5 Å². The second-order valence-electron chi connectivity index (χ2n) is 3.53. The molecule has 0 spiro atoms. The number of hydrogen-bond acceptors (Lipinski definition) is 3. The van der Waals surface area contributed by atoms with Crippen molar-refractivity contribution >= 4 is 0 Å². The molecule has 0 saturated carbocycles. The molecule has 0 unspecified atom stereocenters. The van der Waals surface area contributed by atoms with Gasteiger partial charge in [-0.2, -0.15) is 0 Å². The number of terminal acetylenes is 1. The lowest BCUT2D eigenvalue weighted by molar-refractivity contribution is -0.138. The highest BCUT2D eigenvalue weighted by molar-refractivity contribution is 5.10. The molecule has 0 N–H and O–H groups in total. The normalized spacial score (nSPS) is 28.6. The SMILES string of the molecule is C#C[C@H]1OC(C)(C)O[C@H]1/C=C/CN=[N+]=[N-]. The molecule has 5 heteroatoms. The van der Waals surface area contributed by atoms with Crippen LogP contribution in [0.5, 0.6) is 0 Å². The lowest BCUT2D eigenvalue weighted by Crippen LogP contribution is -2.20. The Hall–Kier alpha value is -1.47. The highest BCUT2D eigenvalue weighted by atomic mass is 16.7. The fourth-order valence-electron chi connectivity index (χ4n) is 1.34. The molecule has 0 aromatic heterocycles. The molecule has 0 aliphatic carbocycles. The Balaban J connectivity index is 2.58. The van der Waals surface area contributed by atoms with E-state index in [-0.39, 0.29) is 18.8 Å². The number of nitrogens with zero attached hydrogens (tertiary/aromatic N) is 3. The minimum atomic E-state index is -0.662. The van der Waals surface area contributed by atoms with Crippen molar-refractivity contribution in [1.82, 2.24) is 0 Å². The third-order valence-electron chi connectivity index (χ3n) is 1.87. The fraction of sp³-hybridized carbons (Fsp3) is 0.600. The topological polar surface area (TPSA) is 67.2 Å². The average molecular weight is 207 g/mol. The minimum absolute atomic E-state index is 0.279. The van der Waals surface area contributed by atoms with Gasteiger partial charge < -0.3 is 9.47 Å². The first-order chi connectivity index (χ1) is 7.09. The molecule has 0 aromatic carbocycles. The monoisotopic (exact) mass is 207 g/mol. The number of azide groups is 1. The quantitative estimate of drug-likeness (QED) is 0.233. The van der Waals surface area contributed by atoms with E-state index in [0.717, 1.165) is 0 Å². The van der Waals surface area contributed by atoms with Crippen molar-refractivity contribution in [3.8, 4) is 12.3 Å². The summed E-state index contributed by atoms with van der Waals surface area (Å²) in [6.45, 7) is 3.89. The molecule has 1 fully saturated rings. The molecule has 0 aromatic rings. The van der Waals surface area contributed by atoms with Gasteiger partial charge in [0.25, 0.3) is 0 Å². The summed E-state index contributed by atoms with van der Waals surface area (Å²) >= 11 is 0. The molecule has 1 heterocycles. The second kappa shape index (κ2) is 4.85. The Morgan fingerprint density at radius 1 is 1.60 bits per heavy atom. The maximum atomic E-state index is 8.08. The fourth-order valence-corrected chi connectivity index (χ4v) is 1.34. The van der Waals surface area contributed by atoms with Crippen molar-refractivity contribution < 1.29 is 9.47 Å². The van der Waals surface area contributed by atoms with E-state index < -0.39 is 5.79 Å². The molecule has 15 heavy (non-hydrogen) atoms. The standard InChI is InChI=1S/C10H13N3O2/c1-4-8-9(6-5-7-12-13-11)15-10(2,3)14-8/h1,5-6,8-9H,7H2,2-3H3/b6-5+/t8-,9+/m1/s1. The molecule has 0 radical (unpaired) electrons. The first-order valence-electron chi connectivity index (χ1n) is 4.58. The van der Waals surface area contributed by atoms with Crippen LogP contribution in [0.3, 0.4) is 0 Å². The van der Waals surface area contributed by atoms with Crippen molar-refractivity contribution in [2.75, 3.05) is 6.54 Å². The van der Waals surface area contributed by atoms with Crippen LogP contribution in [0.25, 0.3) is 10.4 Å². The van der Waals surface area contributed by atoms with Crippen LogP contribution in [0.15, 0.2) is 17.3 Å². The van der Waals surface area contributed by atoms with Gasteiger partial charge in [0.1, 0.15) is 6.10 Å². The third-order valence-corrected chi connectivity index (χ3v) is 1.87. The van der Waals surface area contributed by atoms with Crippen molar-refractivity contribution in [1.29, 1.82) is 0 Å². The van der Waals surface area contributed by atoms with E-state index in [1.807, 2.05) is 0 Å². The van der Waals surface area contributed by atoms with Gasteiger partial charge in [-0.1, -0.05) is 23.2 Å². The Kier molecular flexibility index (Phi) is 3.75. The van der Waals surface area contributed by atoms with Gasteiger partial charge in [0.2, 0.25) is 0 Å². The highest BCUT2D eigenvalue weighted by Crippen LogP contribution is 2.28. The van der Waals surface area contributed by atoms with E-state index in [9.17, 15) is 0 Å². The summed E-state index contributed by atoms with van der Waals surface area (Å²) in [6.07, 6.45) is 8.11. The van der Waals surface area contributed by atoms with Gasteiger partial charge in [-0.25, -0.2) is 0 Å². The van der Waals surface area contributed by atoms with Gasteiger partial charge >= 0.3 is 0 Å². The van der Waals surface area contributed by atoms with Gasteiger partial charge in [-0.15, -0.1) is 6.42 Å². The smallest absolute Gasteiger partial charge is 0.165 e. The Labute approximate surface area is 88.7 Å². The van der Waals surface area contributed by atoms with Crippen molar-refractivity contribution in [2.45, 2.75) is 31.8 Å². The lowest BCUT2D eigenvalue weighted by atomic mass is 10.2. The first-order valence-corrected chi connectivity index (χ1v) is 4.58. The molecule has 1 rings (SSSR count). The van der Waals surface area contributed by atoms with Crippen LogP contribution < -0.4 is 0 Å². The molecule has 1 saturated heterocycles. The molecular weight excluding hydrogens is 194 g/mol. The molecule has 0 bridgehead atoms. The largest absolute Gasteiger partial charge is 0.339 e. The van der Waals surface area contributed by atoms with Crippen LogP contribution >= 0.6 is 0 Å². The molecule has 2 atom stereocenters. The summed E-state index contributed by atoms with van der Waals surface area (Å²) in [7, 11) is 0. The zero-order chi connectivity index (χ0) is 11.3. The van der Waals surface area contributed by atoms with Crippen LogP contribution in [0.2, 0.25) is 0 Å². The maximum Gasteiger partial charge on any atom is 0.165 e. The number of ether oxygens (including phenoxy) is 2. The van der Waals surface area contributed by atoms with E-state index >= 15 is 0 Å². The van der Waals surface area contributed by atoms with E-state index in [0.29, 0.717) is 0 Å². The highest BCUT2D eigenvalue weighted by Gasteiger charge is 2.38. The minimum Gasteiger partial charge on any atom is -0.339 e. The molecule has 80 valence electrons. The van der Waals surface area contributed by atoms with E-state index in [4.69, 9.17) is 21.4 Å². The molecule has 0 amide bonds. The number of hydrogen-bond donors (Lipinski definition) is 0. The van der Waals surface area contributed by atoms with Gasteiger partial charge in [-0.3, -0.25) is 0 Å². The van der Waals surface area contributed by atoms with Gasteiger partial charge in [0.05, 0.1) is 0 Å². The molecular formula is C10H13N3O2. The predicted octanol–water partition coefficient (Wildman–Crippen LogP) is 2.01. The Morgan fingerprint density at radius 3 is 2.93 bits per heavy atom. The molecule has 1 aliphatic heterocycles. The van der Waals surface area contributed by atoms with Crippen LogP contribution in [0.1, 0.15) is 13.8 Å². The zero-order valence-electron chi connectivity index (χ0n) is 8.75.